The number of rotatable bonds is 5. The third kappa shape index (κ3) is 6.31. The Kier molecular flexibility index (Phi) is 6.56. The molecule has 0 bridgehead atoms. The smallest absolute Gasteiger partial charge is 0.217 e. The molecule has 0 aromatic carbocycles. The van der Waals surface area contributed by atoms with Crippen molar-refractivity contribution in [2.75, 3.05) is 11.5 Å². The van der Waals surface area contributed by atoms with Gasteiger partial charge in [0.25, 0.3) is 0 Å². The first-order valence-corrected chi connectivity index (χ1v) is 5.13. The van der Waals surface area contributed by atoms with Gasteiger partial charge in [-0.05, 0) is 5.75 Å². The maximum atomic E-state index is 10.6. The van der Waals surface area contributed by atoms with Crippen molar-refractivity contribution < 1.29 is 4.79 Å². The average molecular weight is 191 g/mol. The van der Waals surface area contributed by atoms with E-state index in [1.807, 2.05) is 0 Å². The number of carbonyl (C=O) groups excluding carboxylic acids is 1. The molecule has 2 nitrogen and oxygen atoms in total. The summed E-state index contributed by atoms with van der Waals surface area (Å²) in [5, 5.41) is 4.35. The third-order valence-electron chi connectivity index (χ3n) is 1.05. The average Bonchev–Trinajstić information content (AvgIpc) is 1.97. The fourth-order valence-electron chi connectivity index (χ4n) is 0.621. The SMILES string of the molecule is CCSCC(C=S)NC(C)=O. The quantitative estimate of drug-likeness (QED) is 0.663. The number of hydrogen-bond donors (Lipinski definition) is 1. The highest BCUT2D eigenvalue weighted by Crippen LogP contribution is 2.00. The summed E-state index contributed by atoms with van der Waals surface area (Å²) in [6.07, 6.45) is 0. The van der Waals surface area contributed by atoms with Crippen molar-refractivity contribution in [3.05, 3.63) is 0 Å². The first-order chi connectivity index (χ1) is 5.20. The number of amides is 1. The van der Waals surface area contributed by atoms with Crippen LogP contribution in [0.25, 0.3) is 0 Å². The van der Waals surface area contributed by atoms with E-state index in [9.17, 15) is 4.79 Å². The van der Waals surface area contributed by atoms with Crippen LogP contribution in [0.1, 0.15) is 13.8 Å². The first kappa shape index (κ1) is 10.9. The molecule has 11 heavy (non-hydrogen) atoms. The van der Waals surface area contributed by atoms with Gasteiger partial charge in [0.05, 0.1) is 6.04 Å². The number of nitrogens with one attached hydrogen (secondary N) is 1. The van der Waals surface area contributed by atoms with Gasteiger partial charge < -0.3 is 5.32 Å². The van der Waals surface area contributed by atoms with E-state index in [0.717, 1.165) is 11.5 Å². The maximum absolute atomic E-state index is 10.6. The molecule has 0 aliphatic rings. The summed E-state index contributed by atoms with van der Waals surface area (Å²) in [5.41, 5.74) is 0. The Labute approximate surface area is 77.1 Å². The third-order valence-corrected chi connectivity index (χ3v) is 2.39. The minimum atomic E-state index is -0.0206. The second-order valence-electron chi connectivity index (χ2n) is 2.10. The van der Waals surface area contributed by atoms with Gasteiger partial charge in [0.1, 0.15) is 0 Å². The number of hydrogen-bond acceptors (Lipinski definition) is 3. The summed E-state index contributed by atoms with van der Waals surface area (Å²) in [4.78, 5) is 10.6. The lowest BCUT2D eigenvalue weighted by Gasteiger charge is -2.10. The highest BCUT2D eigenvalue weighted by Gasteiger charge is 2.04. The van der Waals surface area contributed by atoms with Crippen molar-refractivity contribution in [3.8, 4) is 0 Å². The molecule has 0 aliphatic carbocycles. The molecule has 0 aromatic rings. The van der Waals surface area contributed by atoms with Crippen LogP contribution >= 0.6 is 24.0 Å². The molecule has 64 valence electrons. The molecule has 0 saturated carbocycles. The van der Waals surface area contributed by atoms with Crippen LogP contribution in [0, 0.1) is 0 Å². The molecule has 1 amide bonds. The molecule has 0 spiro atoms. The van der Waals surface area contributed by atoms with Crippen LogP contribution < -0.4 is 5.32 Å². The normalized spacial score (nSPS) is 12.2. The van der Waals surface area contributed by atoms with Crippen LogP contribution in [-0.4, -0.2) is 28.8 Å². The first-order valence-electron chi connectivity index (χ1n) is 3.50. The number of thioether (sulfide) groups is 1. The topological polar surface area (TPSA) is 29.1 Å². The number of thiocarbonyl (C=S) groups is 1. The minimum Gasteiger partial charge on any atom is -0.348 e. The predicted octanol–water partition coefficient (Wildman–Crippen LogP) is 1.24. The molecule has 0 radical (unpaired) electrons. The zero-order valence-corrected chi connectivity index (χ0v) is 8.43. The van der Waals surface area contributed by atoms with E-state index in [1.54, 1.807) is 17.1 Å². The maximum Gasteiger partial charge on any atom is 0.217 e. The molecule has 4 heteroatoms. The van der Waals surface area contributed by atoms with Crippen molar-refractivity contribution in [2.45, 2.75) is 19.9 Å². The van der Waals surface area contributed by atoms with Gasteiger partial charge in [0.2, 0.25) is 5.91 Å². The Hall–Kier alpha value is -0.0900. The molecule has 0 aliphatic heterocycles. The Bertz CT molecular complexity index is 138. The van der Waals surface area contributed by atoms with Gasteiger partial charge in [0, 0.05) is 18.0 Å². The molecule has 0 aromatic heterocycles. The zero-order chi connectivity index (χ0) is 8.69. The van der Waals surface area contributed by atoms with Crippen LogP contribution in [0.5, 0.6) is 0 Å². The van der Waals surface area contributed by atoms with Crippen molar-refractivity contribution >= 4 is 35.3 Å². The highest BCUT2D eigenvalue weighted by atomic mass is 32.2. The second kappa shape index (κ2) is 6.61. The van der Waals surface area contributed by atoms with Crippen molar-refractivity contribution in [1.82, 2.24) is 5.32 Å². The van der Waals surface area contributed by atoms with Crippen LogP contribution in [-0.2, 0) is 4.79 Å². The lowest BCUT2D eigenvalue weighted by atomic mass is 10.4. The monoisotopic (exact) mass is 191 g/mol. The van der Waals surface area contributed by atoms with E-state index >= 15 is 0 Å². The van der Waals surface area contributed by atoms with Gasteiger partial charge in [0.15, 0.2) is 0 Å². The van der Waals surface area contributed by atoms with Gasteiger partial charge >= 0.3 is 0 Å². The summed E-state index contributed by atoms with van der Waals surface area (Å²) in [5.74, 6) is 1.91. The molecule has 0 rings (SSSR count). The fraction of sp³-hybridized carbons (Fsp3) is 0.714. The molecule has 0 saturated heterocycles. The lowest BCUT2D eigenvalue weighted by molar-refractivity contribution is -0.119. The summed E-state index contributed by atoms with van der Waals surface area (Å²) in [7, 11) is 0. The molecular formula is C7H13NOS2. The van der Waals surface area contributed by atoms with Crippen molar-refractivity contribution in [1.29, 1.82) is 0 Å². The molecule has 1 unspecified atom stereocenters. The molecule has 1 N–H and O–H groups in total. The molecule has 0 heterocycles. The van der Waals surface area contributed by atoms with Crippen molar-refractivity contribution in [3.63, 3.8) is 0 Å². The summed E-state index contributed by atoms with van der Waals surface area (Å²) in [6, 6.07) is 0.0486. The Morgan fingerprint density at radius 2 is 2.45 bits per heavy atom. The van der Waals surface area contributed by atoms with Crippen LogP contribution in [0.4, 0.5) is 0 Å². The van der Waals surface area contributed by atoms with Gasteiger partial charge in [-0.1, -0.05) is 19.1 Å². The van der Waals surface area contributed by atoms with Gasteiger partial charge in [-0.25, -0.2) is 0 Å². The summed E-state index contributed by atoms with van der Waals surface area (Å²) >= 11 is 6.52. The van der Waals surface area contributed by atoms with E-state index in [1.165, 1.54) is 6.92 Å². The van der Waals surface area contributed by atoms with E-state index < -0.39 is 0 Å². The van der Waals surface area contributed by atoms with E-state index in [4.69, 9.17) is 12.2 Å². The zero-order valence-electron chi connectivity index (χ0n) is 6.79. The predicted molar refractivity (Wildman–Crippen MR) is 54.3 cm³/mol. The fourth-order valence-corrected chi connectivity index (χ4v) is 1.58. The highest BCUT2D eigenvalue weighted by molar-refractivity contribution is 7.99. The summed E-state index contributed by atoms with van der Waals surface area (Å²) < 4.78 is 0. The van der Waals surface area contributed by atoms with E-state index in [2.05, 4.69) is 12.2 Å². The molecular weight excluding hydrogens is 178 g/mol. The van der Waals surface area contributed by atoms with Crippen LogP contribution in [0.2, 0.25) is 0 Å². The Balaban J connectivity index is 3.57. The largest absolute Gasteiger partial charge is 0.348 e. The van der Waals surface area contributed by atoms with Gasteiger partial charge in [-0.15, -0.1) is 0 Å². The molecule has 1 atom stereocenters. The Morgan fingerprint density at radius 1 is 1.82 bits per heavy atom. The van der Waals surface area contributed by atoms with Gasteiger partial charge in [-0.3, -0.25) is 4.79 Å². The number of carbonyl (C=O) groups is 1. The minimum absolute atomic E-state index is 0.0206. The van der Waals surface area contributed by atoms with E-state index in [0.29, 0.717) is 0 Å². The Morgan fingerprint density at radius 3 is 2.82 bits per heavy atom. The van der Waals surface area contributed by atoms with E-state index in [-0.39, 0.29) is 11.9 Å². The molecule has 0 fully saturated rings. The van der Waals surface area contributed by atoms with Crippen LogP contribution in [0.3, 0.4) is 0 Å². The van der Waals surface area contributed by atoms with Gasteiger partial charge in [-0.2, -0.15) is 11.8 Å². The summed E-state index contributed by atoms with van der Waals surface area (Å²) in [6.45, 7) is 3.58. The standard InChI is InChI=1S/C7H13NOS2/c1-3-11-5-7(4-10)8-6(2)9/h4,7H,3,5H2,1-2H3,(H,8,9). The van der Waals surface area contributed by atoms with Crippen LogP contribution in [0.15, 0.2) is 0 Å². The lowest BCUT2D eigenvalue weighted by Crippen LogP contribution is -2.35. The van der Waals surface area contributed by atoms with Crippen molar-refractivity contribution in [2.24, 2.45) is 0 Å². The second-order valence-corrected chi connectivity index (χ2v) is 3.69.